The number of hydrogen-bond donors (Lipinski definition) is 1. The van der Waals surface area contributed by atoms with Gasteiger partial charge in [-0.1, -0.05) is 0 Å². The van der Waals surface area contributed by atoms with E-state index in [9.17, 15) is 5.11 Å². The third-order valence-corrected chi connectivity index (χ3v) is 2.34. The van der Waals surface area contributed by atoms with Crippen LogP contribution in [0.3, 0.4) is 0 Å². The Balaban J connectivity index is 2.49. The summed E-state index contributed by atoms with van der Waals surface area (Å²) in [6.45, 7) is 3.91. The molecular formula is C13H20O4. The largest absolute Gasteiger partial charge is 0.497 e. The Bertz CT molecular complexity index is 325. The summed E-state index contributed by atoms with van der Waals surface area (Å²) >= 11 is 0. The smallest absolute Gasteiger partial charge is 0.128 e. The number of rotatable bonds is 8. The molecule has 0 aliphatic heterocycles. The summed E-state index contributed by atoms with van der Waals surface area (Å²) in [6, 6.07) is 5.39. The molecule has 0 aromatic heterocycles. The molecule has 0 radical (unpaired) electrons. The van der Waals surface area contributed by atoms with Crippen LogP contribution in [0.2, 0.25) is 0 Å². The van der Waals surface area contributed by atoms with Crippen LogP contribution in [-0.4, -0.2) is 32.0 Å². The molecule has 0 atom stereocenters. The average molecular weight is 240 g/mol. The molecule has 0 aliphatic carbocycles. The Labute approximate surface area is 102 Å². The summed E-state index contributed by atoms with van der Waals surface area (Å²) in [5.74, 6) is 1.39. The van der Waals surface area contributed by atoms with Gasteiger partial charge in [0.2, 0.25) is 0 Å². The second-order valence-electron chi connectivity index (χ2n) is 3.53. The molecule has 1 aromatic carbocycles. The van der Waals surface area contributed by atoms with Crippen LogP contribution in [0.5, 0.6) is 11.5 Å². The lowest BCUT2D eigenvalue weighted by atomic mass is 10.2. The van der Waals surface area contributed by atoms with Gasteiger partial charge in [-0.25, -0.2) is 0 Å². The van der Waals surface area contributed by atoms with Crippen molar-refractivity contribution in [1.82, 2.24) is 0 Å². The van der Waals surface area contributed by atoms with Crippen LogP contribution in [0.25, 0.3) is 0 Å². The highest BCUT2D eigenvalue weighted by Crippen LogP contribution is 2.24. The van der Waals surface area contributed by atoms with E-state index in [2.05, 4.69) is 0 Å². The van der Waals surface area contributed by atoms with Crippen LogP contribution >= 0.6 is 0 Å². The third kappa shape index (κ3) is 4.63. The van der Waals surface area contributed by atoms with E-state index in [1.807, 2.05) is 6.92 Å². The van der Waals surface area contributed by atoms with Gasteiger partial charge in [-0.2, -0.15) is 0 Å². The standard InChI is InChI=1S/C13H20O4/c1-3-16-7-4-8-17-13-9-12(15-2)6-5-11(13)10-14/h5-6,9,14H,3-4,7-8,10H2,1-2H3. The SMILES string of the molecule is CCOCCCOc1cc(OC)ccc1CO. The summed E-state index contributed by atoms with van der Waals surface area (Å²) < 4.78 is 15.9. The molecule has 0 spiro atoms. The summed E-state index contributed by atoms with van der Waals surface area (Å²) in [7, 11) is 1.60. The van der Waals surface area contributed by atoms with Gasteiger partial charge >= 0.3 is 0 Å². The molecule has 0 bridgehead atoms. The summed E-state index contributed by atoms with van der Waals surface area (Å²) in [5, 5.41) is 9.18. The van der Waals surface area contributed by atoms with Gasteiger partial charge < -0.3 is 19.3 Å². The molecule has 0 aliphatic rings. The maximum absolute atomic E-state index is 9.18. The van der Waals surface area contributed by atoms with Crippen molar-refractivity contribution in [2.45, 2.75) is 20.0 Å². The molecule has 4 heteroatoms. The molecule has 0 unspecified atom stereocenters. The minimum Gasteiger partial charge on any atom is -0.497 e. The second kappa shape index (κ2) is 7.92. The fourth-order valence-corrected chi connectivity index (χ4v) is 1.41. The highest BCUT2D eigenvalue weighted by atomic mass is 16.5. The highest BCUT2D eigenvalue weighted by Gasteiger charge is 2.04. The molecule has 0 amide bonds. The number of benzene rings is 1. The summed E-state index contributed by atoms with van der Waals surface area (Å²) in [4.78, 5) is 0. The Hall–Kier alpha value is -1.26. The lowest BCUT2D eigenvalue weighted by Gasteiger charge is -2.11. The topological polar surface area (TPSA) is 47.9 Å². The zero-order valence-corrected chi connectivity index (χ0v) is 10.4. The van der Waals surface area contributed by atoms with E-state index in [1.165, 1.54) is 0 Å². The number of aliphatic hydroxyl groups is 1. The van der Waals surface area contributed by atoms with Crippen molar-refractivity contribution in [2.24, 2.45) is 0 Å². The van der Waals surface area contributed by atoms with Gasteiger partial charge in [0.25, 0.3) is 0 Å². The van der Waals surface area contributed by atoms with E-state index >= 15 is 0 Å². The van der Waals surface area contributed by atoms with Crippen LogP contribution in [0.1, 0.15) is 18.9 Å². The van der Waals surface area contributed by atoms with Gasteiger partial charge in [0, 0.05) is 31.3 Å². The number of aliphatic hydroxyl groups excluding tert-OH is 1. The van der Waals surface area contributed by atoms with E-state index in [0.29, 0.717) is 19.0 Å². The molecule has 1 N–H and O–H groups in total. The van der Waals surface area contributed by atoms with E-state index in [4.69, 9.17) is 14.2 Å². The van der Waals surface area contributed by atoms with Crippen molar-refractivity contribution >= 4 is 0 Å². The molecule has 0 fully saturated rings. The molecule has 0 saturated heterocycles. The molecule has 1 aromatic rings. The fraction of sp³-hybridized carbons (Fsp3) is 0.538. The van der Waals surface area contributed by atoms with Crippen LogP contribution in [0.15, 0.2) is 18.2 Å². The van der Waals surface area contributed by atoms with E-state index in [0.717, 1.165) is 24.3 Å². The van der Waals surface area contributed by atoms with Crippen LogP contribution in [0, 0.1) is 0 Å². The first-order chi connectivity index (χ1) is 8.31. The van der Waals surface area contributed by atoms with Crippen molar-refractivity contribution in [3.05, 3.63) is 23.8 Å². The Morgan fingerprint density at radius 1 is 1.24 bits per heavy atom. The summed E-state index contributed by atoms with van der Waals surface area (Å²) in [6.07, 6.45) is 0.829. The Morgan fingerprint density at radius 3 is 2.71 bits per heavy atom. The first-order valence-electron chi connectivity index (χ1n) is 5.80. The first-order valence-corrected chi connectivity index (χ1v) is 5.80. The minimum absolute atomic E-state index is 0.0369. The van der Waals surface area contributed by atoms with E-state index < -0.39 is 0 Å². The van der Waals surface area contributed by atoms with Crippen molar-refractivity contribution in [3.63, 3.8) is 0 Å². The molecule has 1 rings (SSSR count). The molecule has 96 valence electrons. The van der Waals surface area contributed by atoms with Crippen molar-refractivity contribution in [2.75, 3.05) is 26.9 Å². The Morgan fingerprint density at radius 2 is 2.06 bits per heavy atom. The van der Waals surface area contributed by atoms with E-state index in [-0.39, 0.29) is 6.61 Å². The first kappa shape index (κ1) is 13.8. The zero-order valence-electron chi connectivity index (χ0n) is 10.4. The Kier molecular flexibility index (Phi) is 6.43. The van der Waals surface area contributed by atoms with Crippen LogP contribution in [-0.2, 0) is 11.3 Å². The predicted molar refractivity (Wildman–Crippen MR) is 65.5 cm³/mol. The molecule has 4 nitrogen and oxygen atoms in total. The van der Waals surface area contributed by atoms with Crippen LogP contribution in [0.4, 0.5) is 0 Å². The number of ether oxygens (including phenoxy) is 3. The van der Waals surface area contributed by atoms with Gasteiger partial charge in [0.05, 0.1) is 20.3 Å². The van der Waals surface area contributed by atoms with E-state index in [1.54, 1.807) is 25.3 Å². The number of methoxy groups -OCH3 is 1. The molecular weight excluding hydrogens is 220 g/mol. The minimum atomic E-state index is -0.0369. The third-order valence-electron chi connectivity index (χ3n) is 2.34. The number of hydrogen-bond acceptors (Lipinski definition) is 4. The fourth-order valence-electron chi connectivity index (χ4n) is 1.41. The predicted octanol–water partition coefficient (Wildman–Crippen LogP) is 1.99. The highest BCUT2D eigenvalue weighted by molar-refractivity contribution is 5.40. The van der Waals surface area contributed by atoms with Gasteiger partial charge in [-0.15, -0.1) is 0 Å². The second-order valence-corrected chi connectivity index (χ2v) is 3.53. The molecule has 0 heterocycles. The van der Waals surface area contributed by atoms with Crippen molar-refractivity contribution in [3.8, 4) is 11.5 Å². The van der Waals surface area contributed by atoms with Gasteiger partial charge in [0.15, 0.2) is 0 Å². The van der Waals surface area contributed by atoms with Crippen molar-refractivity contribution < 1.29 is 19.3 Å². The normalized spacial score (nSPS) is 10.3. The lowest BCUT2D eigenvalue weighted by molar-refractivity contribution is 0.130. The van der Waals surface area contributed by atoms with Crippen LogP contribution < -0.4 is 9.47 Å². The maximum atomic E-state index is 9.18. The molecule has 0 saturated carbocycles. The lowest BCUT2D eigenvalue weighted by Crippen LogP contribution is -2.04. The van der Waals surface area contributed by atoms with Gasteiger partial charge in [-0.05, 0) is 19.1 Å². The average Bonchev–Trinajstić information content (AvgIpc) is 2.38. The zero-order chi connectivity index (χ0) is 12.5. The van der Waals surface area contributed by atoms with Gasteiger partial charge in [-0.3, -0.25) is 0 Å². The quantitative estimate of drug-likeness (QED) is 0.706. The molecule has 17 heavy (non-hydrogen) atoms. The monoisotopic (exact) mass is 240 g/mol. The van der Waals surface area contributed by atoms with Crippen molar-refractivity contribution in [1.29, 1.82) is 0 Å². The van der Waals surface area contributed by atoms with Gasteiger partial charge in [0.1, 0.15) is 11.5 Å². The maximum Gasteiger partial charge on any atom is 0.128 e. The summed E-state index contributed by atoms with van der Waals surface area (Å²) in [5.41, 5.74) is 0.766.